The van der Waals surface area contributed by atoms with Crippen molar-refractivity contribution in [1.29, 1.82) is 0 Å². The van der Waals surface area contributed by atoms with Gasteiger partial charge in [-0.1, -0.05) is 11.8 Å². The molecule has 3 rings (SSSR count). The van der Waals surface area contributed by atoms with Gasteiger partial charge in [-0.2, -0.15) is 0 Å². The molecule has 2 N–H and O–H groups in total. The van der Waals surface area contributed by atoms with E-state index in [-0.39, 0.29) is 17.6 Å². The Hall–Kier alpha value is -2.52. The number of carboxylic acid groups (broad SMARTS) is 1. The van der Waals surface area contributed by atoms with Gasteiger partial charge in [-0.15, -0.1) is 0 Å². The predicted octanol–water partition coefficient (Wildman–Crippen LogP) is 0.446. The fourth-order valence-electron chi connectivity index (χ4n) is 2.76. The molecule has 1 unspecified atom stereocenters. The molecular formula is C16H17N3O3. The van der Waals surface area contributed by atoms with E-state index in [0.29, 0.717) is 13.1 Å². The number of carbonyl (C=O) groups excluding carboxylic acids is 1. The predicted molar refractivity (Wildman–Crippen MR) is 80.6 cm³/mol. The molecule has 2 heterocycles. The molecule has 0 aromatic heterocycles. The lowest BCUT2D eigenvalue weighted by molar-refractivity contribution is 0.0697. The second-order valence-electron chi connectivity index (χ2n) is 5.40. The normalized spacial score (nSPS) is 20.4. The molecule has 0 radical (unpaired) electrons. The summed E-state index contributed by atoms with van der Waals surface area (Å²) in [5.74, 6) is 5.01. The number of amides is 2. The first kappa shape index (κ1) is 14.4. The number of urea groups is 1. The highest BCUT2D eigenvalue weighted by atomic mass is 16.4. The van der Waals surface area contributed by atoms with Crippen LogP contribution in [0.3, 0.4) is 0 Å². The summed E-state index contributed by atoms with van der Waals surface area (Å²) in [4.78, 5) is 26.6. The summed E-state index contributed by atoms with van der Waals surface area (Å²) in [6, 6.07) is 6.71. The fourth-order valence-corrected chi connectivity index (χ4v) is 2.76. The Kier molecular flexibility index (Phi) is 3.98. The van der Waals surface area contributed by atoms with Gasteiger partial charge in [0.1, 0.15) is 0 Å². The van der Waals surface area contributed by atoms with Crippen molar-refractivity contribution in [1.82, 2.24) is 15.1 Å². The average Bonchev–Trinajstić information content (AvgIpc) is 2.85. The van der Waals surface area contributed by atoms with Crippen LogP contribution in [0.5, 0.6) is 0 Å². The van der Waals surface area contributed by atoms with Gasteiger partial charge in [0.25, 0.3) is 0 Å². The van der Waals surface area contributed by atoms with Crippen LogP contribution in [-0.4, -0.2) is 65.7 Å². The van der Waals surface area contributed by atoms with Gasteiger partial charge in [0, 0.05) is 31.7 Å². The van der Waals surface area contributed by atoms with Crippen LogP contribution in [-0.2, 0) is 0 Å². The third-order valence-corrected chi connectivity index (χ3v) is 3.93. The van der Waals surface area contributed by atoms with Crippen molar-refractivity contribution < 1.29 is 14.7 Å². The largest absolute Gasteiger partial charge is 0.478 e. The summed E-state index contributed by atoms with van der Waals surface area (Å²) in [7, 11) is 0. The summed E-state index contributed by atoms with van der Waals surface area (Å²) < 4.78 is 0. The molecule has 1 atom stereocenters. The smallest absolute Gasteiger partial charge is 0.335 e. The summed E-state index contributed by atoms with van der Waals surface area (Å²) in [6.45, 7) is 3.54. The van der Waals surface area contributed by atoms with Crippen LogP contribution in [0.15, 0.2) is 24.3 Å². The van der Waals surface area contributed by atoms with E-state index in [1.807, 2.05) is 4.90 Å². The van der Waals surface area contributed by atoms with E-state index >= 15 is 0 Å². The van der Waals surface area contributed by atoms with Crippen LogP contribution in [0.25, 0.3) is 0 Å². The monoisotopic (exact) mass is 299 g/mol. The molecule has 0 spiro atoms. The average molecular weight is 299 g/mol. The molecule has 2 saturated heterocycles. The Bertz CT molecular complexity index is 645. The summed E-state index contributed by atoms with van der Waals surface area (Å²) in [5.41, 5.74) is 0.987. The standard InChI is InChI=1S/C16H17N3O3/c20-15(21)13-5-3-12(4-6-13)2-1-8-18-11-14-10-17-7-9-19(14)16(18)22/h3-6,14,17H,7-11H2,(H,20,21). The molecule has 2 amide bonds. The van der Waals surface area contributed by atoms with Crippen molar-refractivity contribution in [3.05, 3.63) is 35.4 Å². The lowest BCUT2D eigenvalue weighted by atomic mass is 10.1. The number of aromatic carboxylic acids is 1. The van der Waals surface area contributed by atoms with Crippen molar-refractivity contribution >= 4 is 12.0 Å². The second-order valence-corrected chi connectivity index (χ2v) is 5.40. The lowest BCUT2D eigenvalue weighted by Gasteiger charge is -2.28. The van der Waals surface area contributed by atoms with E-state index in [1.54, 1.807) is 17.0 Å². The minimum atomic E-state index is -0.951. The molecule has 6 heteroatoms. The topological polar surface area (TPSA) is 72.9 Å². The summed E-state index contributed by atoms with van der Waals surface area (Å²) in [6.07, 6.45) is 0. The number of fused-ring (bicyclic) bond motifs is 1. The van der Waals surface area contributed by atoms with Crippen molar-refractivity contribution in [2.24, 2.45) is 0 Å². The van der Waals surface area contributed by atoms with Crippen LogP contribution in [0.4, 0.5) is 4.79 Å². The molecule has 2 aliphatic heterocycles. The van der Waals surface area contributed by atoms with Crippen molar-refractivity contribution in [3.63, 3.8) is 0 Å². The number of rotatable bonds is 2. The summed E-state index contributed by atoms with van der Waals surface area (Å²) in [5, 5.41) is 12.1. The second kappa shape index (κ2) is 6.08. The Morgan fingerprint density at radius 3 is 2.82 bits per heavy atom. The Labute approximate surface area is 128 Å². The van der Waals surface area contributed by atoms with E-state index in [1.165, 1.54) is 12.1 Å². The van der Waals surface area contributed by atoms with Gasteiger partial charge in [0.15, 0.2) is 0 Å². The van der Waals surface area contributed by atoms with E-state index in [2.05, 4.69) is 17.2 Å². The zero-order valence-electron chi connectivity index (χ0n) is 12.1. The number of hydrogen-bond acceptors (Lipinski definition) is 3. The van der Waals surface area contributed by atoms with Gasteiger partial charge in [-0.3, -0.25) is 0 Å². The van der Waals surface area contributed by atoms with E-state index in [4.69, 9.17) is 5.11 Å². The SMILES string of the molecule is O=C(O)c1ccc(C#CCN2CC3CNCCN3C2=O)cc1. The molecule has 0 bridgehead atoms. The highest BCUT2D eigenvalue weighted by molar-refractivity contribution is 5.87. The molecule has 0 aliphatic carbocycles. The number of hydrogen-bond donors (Lipinski definition) is 2. The number of carboxylic acids is 1. The fraction of sp³-hybridized carbons (Fsp3) is 0.375. The van der Waals surface area contributed by atoms with Crippen LogP contribution in [0.1, 0.15) is 15.9 Å². The van der Waals surface area contributed by atoms with Gasteiger partial charge in [-0.25, -0.2) is 9.59 Å². The zero-order chi connectivity index (χ0) is 15.5. The first-order chi connectivity index (χ1) is 10.6. The third kappa shape index (κ3) is 2.90. The molecule has 22 heavy (non-hydrogen) atoms. The maximum atomic E-state index is 12.2. The highest BCUT2D eigenvalue weighted by Gasteiger charge is 2.37. The molecule has 1 aromatic rings. The quantitative estimate of drug-likeness (QED) is 0.778. The molecule has 2 fully saturated rings. The van der Waals surface area contributed by atoms with E-state index < -0.39 is 5.97 Å². The number of nitrogens with one attached hydrogen (secondary N) is 1. The minimum absolute atomic E-state index is 0.0574. The molecule has 6 nitrogen and oxygen atoms in total. The Morgan fingerprint density at radius 2 is 2.14 bits per heavy atom. The van der Waals surface area contributed by atoms with Gasteiger partial charge in [0.05, 0.1) is 18.2 Å². The van der Waals surface area contributed by atoms with Crippen molar-refractivity contribution in [3.8, 4) is 11.8 Å². The summed E-state index contributed by atoms with van der Waals surface area (Å²) >= 11 is 0. The van der Waals surface area contributed by atoms with Crippen molar-refractivity contribution in [2.45, 2.75) is 6.04 Å². The van der Waals surface area contributed by atoms with Gasteiger partial charge < -0.3 is 20.2 Å². The molecule has 114 valence electrons. The zero-order valence-corrected chi connectivity index (χ0v) is 12.1. The first-order valence-electron chi connectivity index (χ1n) is 7.23. The van der Waals surface area contributed by atoms with Crippen molar-refractivity contribution in [2.75, 3.05) is 32.7 Å². The van der Waals surface area contributed by atoms with Gasteiger partial charge in [0.2, 0.25) is 0 Å². The molecule has 2 aliphatic rings. The Balaban J connectivity index is 1.61. The van der Waals surface area contributed by atoms with Crippen LogP contribution in [0.2, 0.25) is 0 Å². The van der Waals surface area contributed by atoms with Gasteiger partial charge in [-0.05, 0) is 24.3 Å². The van der Waals surface area contributed by atoms with E-state index in [9.17, 15) is 9.59 Å². The van der Waals surface area contributed by atoms with Crippen LogP contribution < -0.4 is 5.32 Å². The maximum absolute atomic E-state index is 12.2. The van der Waals surface area contributed by atoms with Gasteiger partial charge >= 0.3 is 12.0 Å². The number of benzene rings is 1. The molecular weight excluding hydrogens is 282 g/mol. The van der Waals surface area contributed by atoms with E-state index in [0.717, 1.165) is 25.2 Å². The first-order valence-corrected chi connectivity index (χ1v) is 7.23. The number of piperazine rings is 1. The lowest BCUT2D eigenvalue weighted by Crippen LogP contribution is -2.49. The highest BCUT2D eigenvalue weighted by Crippen LogP contribution is 2.16. The minimum Gasteiger partial charge on any atom is -0.478 e. The number of carbonyl (C=O) groups is 2. The van der Waals surface area contributed by atoms with Crippen LogP contribution >= 0.6 is 0 Å². The molecule has 0 saturated carbocycles. The molecule has 1 aromatic carbocycles. The third-order valence-electron chi connectivity index (χ3n) is 3.93. The Morgan fingerprint density at radius 1 is 1.36 bits per heavy atom. The maximum Gasteiger partial charge on any atom is 0.335 e. The van der Waals surface area contributed by atoms with Crippen LogP contribution in [0, 0.1) is 11.8 Å². The number of nitrogens with zero attached hydrogens (tertiary/aromatic N) is 2.